The van der Waals surface area contributed by atoms with Gasteiger partial charge in [0, 0.05) is 20.1 Å². The summed E-state index contributed by atoms with van der Waals surface area (Å²) in [6.45, 7) is 10.1. The van der Waals surface area contributed by atoms with Crippen LogP contribution in [0, 0.1) is 5.41 Å². The molecule has 7 heteroatoms. The molecule has 28 heavy (non-hydrogen) atoms. The van der Waals surface area contributed by atoms with Gasteiger partial charge in [0.1, 0.15) is 5.82 Å². The van der Waals surface area contributed by atoms with E-state index in [0.29, 0.717) is 19.6 Å². The van der Waals surface area contributed by atoms with Crippen molar-refractivity contribution in [2.24, 2.45) is 10.4 Å². The smallest absolute Gasteiger partial charge is 0.227 e. The molecule has 0 aliphatic carbocycles. The van der Waals surface area contributed by atoms with Gasteiger partial charge in [0.25, 0.3) is 0 Å². The second-order valence-corrected chi connectivity index (χ2v) is 7.38. The van der Waals surface area contributed by atoms with Crippen LogP contribution in [0.3, 0.4) is 0 Å². The number of amides is 1. The van der Waals surface area contributed by atoms with Crippen molar-refractivity contribution in [2.45, 2.75) is 34.2 Å². The Kier molecular flexibility index (Phi) is 7.61. The van der Waals surface area contributed by atoms with Crippen molar-refractivity contribution in [1.29, 1.82) is 0 Å². The number of aromatic nitrogens is 2. The third-order valence-corrected chi connectivity index (χ3v) is 4.37. The zero-order valence-corrected chi connectivity index (χ0v) is 17.5. The first-order valence-corrected chi connectivity index (χ1v) is 9.74. The van der Waals surface area contributed by atoms with E-state index in [1.54, 1.807) is 0 Å². The summed E-state index contributed by atoms with van der Waals surface area (Å²) < 4.78 is 0. The molecule has 1 aromatic heterocycles. The van der Waals surface area contributed by atoms with Crippen molar-refractivity contribution in [3.63, 3.8) is 0 Å². The zero-order valence-electron chi connectivity index (χ0n) is 17.5. The van der Waals surface area contributed by atoms with E-state index in [-0.39, 0.29) is 5.91 Å². The normalized spacial score (nSPS) is 12.0. The Labute approximate surface area is 167 Å². The van der Waals surface area contributed by atoms with Gasteiger partial charge in [0.15, 0.2) is 5.96 Å². The lowest BCUT2D eigenvalue weighted by Crippen LogP contribution is -2.42. The number of hydrogen-bond donors (Lipinski definition) is 3. The molecule has 0 aliphatic heterocycles. The molecule has 152 valence electrons. The molecule has 0 fully saturated rings. The predicted molar refractivity (Wildman–Crippen MR) is 114 cm³/mol. The van der Waals surface area contributed by atoms with E-state index in [1.165, 1.54) is 0 Å². The quantitative estimate of drug-likeness (QED) is 0.482. The molecule has 2 rings (SSSR count). The zero-order chi connectivity index (χ0) is 20.6. The highest BCUT2D eigenvalue weighted by Crippen LogP contribution is 2.17. The standard InChI is InChI=1S/C21H32N6O/c1-6-22-19(28)21(3,4)15-25-20(23-7-2)27(5)14-18-24-13-17(26-18)16-11-9-8-10-12-16/h8-13H,6-7,14-15H2,1-5H3,(H,22,28)(H,23,25)(H,24,26). The van der Waals surface area contributed by atoms with Crippen LogP contribution in [0.25, 0.3) is 11.3 Å². The van der Waals surface area contributed by atoms with Crippen LogP contribution in [0.2, 0.25) is 0 Å². The molecule has 0 spiro atoms. The SMILES string of the molecule is CCNC(=O)C(C)(C)CN=C(NCC)N(C)Cc1ncc(-c2ccccc2)[nH]1. The van der Waals surface area contributed by atoms with Crippen LogP contribution in [0.4, 0.5) is 0 Å². The van der Waals surface area contributed by atoms with Crippen molar-refractivity contribution in [2.75, 3.05) is 26.7 Å². The van der Waals surface area contributed by atoms with E-state index >= 15 is 0 Å². The number of aromatic amines is 1. The second-order valence-electron chi connectivity index (χ2n) is 7.38. The number of rotatable bonds is 8. The van der Waals surface area contributed by atoms with Gasteiger partial charge >= 0.3 is 0 Å². The van der Waals surface area contributed by atoms with E-state index in [9.17, 15) is 4.79 Å². The summed E-state index contributed by atoms with van der Waals surface area (Å²) in [6, 6.07) is 10.1. The molecule has 0 bridgehead atoms. The molecule has 2 aromatic rings. The molecule has 0 saturated carbocycles. The van der Waals surface area contributed by atoms with Gasteiger partial charge in [0.2, 0.25) is 5.91 Å². The first kappa shape index (κ1) is 21.5. The summed E-state index contributed by atoms with van der Waals surface area (Å²) in [5.41, 5.74) is 1.53. The van der Waals surface area contributed by atoms with Gasteiger partial charge < -0.3 is 20.5 Å². The monoisotopic (exact) mass is 384 g/mol. The van der Waals surface area contributed by atoms with Gasteiger partial charge in [-0.3, -0.25) is 9.79 Å². The molecule has 0 aliphatic rings. The molecule has 1 aromatic carbocycles. The number of H-pyrrole nitrogens is 1. The number of aliphatic imine (C=N–C) groups is 1. The summed E-state index contributed by atoms with van der Waals surface area (Å²) in [5.74, 6) is 1.61. The van der Waals surface area contributed by atoms with Gasteiger partial charge in [0.05, 0.1) is 30.4 Å². The Morgan fingerprint density at radius 1 is 1.18 bits per heavy atom. The highest BCUT2D eigenvalue weighted by Gasteiger charge is 2.27. The van der Waals surface area contributed by atoms with Crippen LogP contribution in [0.5, 0.6) is 0 Å². The second kappa shape index (κ2) is 9.92. The van der Waals surface area contributed by atoms with E-state index in [0.717, 1.165) is 29.6 Å². The van der Waals surface area contributed by atoms with Crippen LogP contribution in [-0.2, 0) is 11.3 Å². The molecule has 0 radical (unpaired) electrons. The largest absolute Gasteiger partial charge is 0.357 e. The Bertz CT molecular complexity index is 781. The summed E-state index contributed by atoms with van der Waals surface area (Å²) in [5, 5.41) is 6.16. The molecule has 3 N–H and O–H groups in total. The Hall–Kier alpha value is -2.83. The molecule has 1 amide bonds. The third kappa shape index (κ3) is 5.84. The van der Waals surface area contributed by atoms with Gasteiger partial charge in [-0.2, -0.15) is 0 Å². The van der Waals surface area contributed by atoms with Crippen LogP contribution < -0.4 is 10.6 Å². The first-order chi connectivity index (χ1) is 13.4. The van der Waals surface area contributed by atoms with Crippen LogP contribution in [0.1, 0.15) is 33.5 Å². The minimum Gasteiger partial charge on any atom is -0.357 e. The molecule has 0 unspecified atom stereocenters. The fourth-order valence-corrected chi connectivity index (χ4v) is 2.72. The number of nitrogens with zero attached hydrogens (tertiary/aromatic N) is 3. The van der Waals surface area contributed by atoms with Crippen LogP contribution in [-0.4, -0.2) is 53.4 Å². The molecule has 1 heterocycles. The number of imidazole rings is 1. The summed E-state index contributed by atoms with van der Waals surface area (Å²) >= 11 is 0. The minimum atomic E-state index is -0.567. The first-order valence-electron chi connectivity index (χ1n) is 9.74. The molecular weight excluding hydrogens is 352 g/mol. The number of benzene rings is 1. The number of guanidine groups is 1. The van der Waals surface area contributed by atoms with E-state index in [1.807, 2.05) is 64.0 Å². The lowest BCUT2D eigenvalue weighted by atomic mass is 9.92. The van der Waals surface area contributed by atoms with Gasteiger partial charge in [-0.15, -0.1) is 0 Å². The molecule has 0 saturated heterocycles. The number of nitrogens with one attached hydrogen (secondary N) is 3. The molecule has 7 nitrogen and oxygen atoms in total. The summed E-state index contributed by atoms with van der Waals surface area (Å²) in [6.07, 6.45) is 1.85. The Balaban J connectivity index is 2.07. The lowest BCUT2D eigenvalue weighted by Gasteiger charge is -2.25. The van der Waals surface area contributed by atoms with Gasteiger partial charge in [-0.05, 0) is 33.3 Å². The predicted octanol–water partition coefficient (Wildman–Crippen LogP) is 2.64. The maximum atomic E-state index is 12.2. The Morgan fingerprint density at radius 2 is 1.86 bits per heavy atom. The molecular formula is C21H32N6O. The van der Waals surface area contributed by atoms with Crippen molar-refractivity contribution in [1.82, 2.24) is 25.5 Å². The van der Waals surface area contributed by atoms with Crippen LogP contribution >= 0.6 is 0 Å². The van der Waals surface area contributed by atoms with Crippen molar-refractivity contribution < 1.29 is 4.79 Å². The average molecular weight is 385 g/mol. The number of hydrogen-bond acceptors (Lipinski definition) is 3. The summed E-state index contributed by atoms with van der Waals surface area (Å²) in [4.78, 5) is 26.7. The maximum Gasteiger partial charge on any atom is 0.227 e. The number of carbonyl (C=O) groups excluding carboxylic acids is 1. The van der Waals surface area contributed by atoms with E-state index in [2.05, 4.69) is 37.7 Å². The highest BCUT2D eigenvalue weighted by molar-refractivity contribution is 5.83. The average Bonchev–Trinajstić information content (AvgIpc) is 3.14. The lowest BCUT2D eigenvalue weighted by molar-refractivity contribution is -0.128. The van der Waals surface area contributed by atoms with E-state index < -0.39 is 5.41 Å². The third-order valence-electron chi connectivity index (χ3n) is 4.37. The molecule has 0 atom stereocenters. The van der Waals surface area contributed by atoms with Gasteiger partial charge in [-0.1, -0.05) is 30.3 Å². The highest BCUT2D eigenvalue weighted by atomic mass is 16.2. The maximum absolute atomic E-state index is 12.2. The minimum absolute atomic E-state index is 0.00999. The summed E-state index contributed by atoms with van der Waals surface area (Å²) in [7, 11) is 1.96. The van der Waals surface area contributed by atoms with E-state index in [4.69, 9.17) is 0 Å². The van der Waals surface area contributed by atoms with Gasteiger partial charge in [-0.25, -0.2) is 4.98 Å². The fourth-order valence-electron chi connectivity index (χ4n) is 2.72. The fraction of sp³-hybridized carbons (Fsp3) is 0.476. The van der Waals surface area contributed by atoms with Crippen molar-refractivity contribution >= 4 is 11.9 Å². The van der Waals surface area contributed by atoms with Crippen molar-refractivity contribution in [3.05, 3.63) is 42.4 Å². The van der Waals surface area contributed by atoms with Crippen molar-refractivity contribution in [3.8, 4) is 11.3 Å². The number of carbonyl (C=O) groups is 1. The Morgan fingerprint density at radius 3 is 2.50 bits per heavy atom. The van der Waals surface area contributed by atoms with Crippen LogP contribution in [0.15, 0.2) is 41.5 Å². The topological polar surface area (TPSA) is 85.4 Å².